The molecule has 6 heteroatoms. The van der Waals surface area contributed by atoms with Gasteiger partial charge in [-0.3, -0.25) is 4.90 Å². The van der Waals surface area contributed by atoms with Crippen molar-refractivity contribution in [3.8, 4) is 0 Å². The highest BCUT2D eigenvalue weighted by Gasteiger charge is 2.43. The van der Waals surface area contributed by atoms with Gasteiger partial charge in [-0.2, -0.15) is 0 Å². The Balaban J connectivity index is 1.65. The molecule has 18 heavy (non-hydrogen) atoms. The molecule has 2 aliphatic rings. The lowest BCUT2D eigenvalue weighted by Crippen LogP contribution is -2.49. The average Bonchev–Trinajstić information content (AvgIpc) is 2.87. The third-order valence-corrected chi connectivity index (χ3v) is 3.69. The van der Waals surface area contributed by atoms with Crippen LogP contribution < -0.4 is 5.32 Å². The number of hydrogen-bond acceptors (Lipinski definition) is 4. The van der Waals surface area contributed by atoms with E-state index in [2.05, 4.69) is 10.2 Å². The SMILES string of the molecule is O=C1NC[C@]2(CCCN(Cc3ccc(Cl)o3)C2)O1. The summed E-state index contributed by atoms with van der Waals surface area (Å²) < 4.78 is 10.8. The highest BCUT2D eigenvalue weighted by Crippen LogP contribution is 2.29. The van der Waals surface area contributed by atoms with Gasteiger partial charge in [-0.15, -0.1) is 0 Å². The number of alkyl carbamates (subject to hydrolysis) is 1. The molecule has 2 saturated heterocycles. The van der Waals surface area contributed by atoms with Crippen LogP contribution in [0.2, 0.25) is 5.22 Å². The van der Waals surface area contributed by atoms with Gasteiger partial charge in [0.25, 0.3) is 0 Å². The lowest BCUT2D eigenvalue weighted by atomic mass is 9.93. The molecule has 3 rings (SSSR count). The summed E-state index contributed by atoms with van der Waals surface area (Å²) in [7, 11) is 0. The van der Waals surface area contributed by atoms with Crippen molar-refractivity contribution in [1.82, 2.24) is 10.2 Å². The zero-order valence-corrected chi connectivity index (χ0v) is 10.7. The molecule has 0 aromatic carbocycles. The summed E-state index contributed by atoms with van der Waals surface area (Å²) in [5.41, 5.74) is -0.355. The van der Waals surface area contributed by atoms with Crippen molar-refractivity contribution in [1.29, 1.82) is 0 Å². The van der Waals surface area contributed by atoms with Crippen molar-refractivity contribution in [2.24, 2.45) is 0 Å². The van der Waals surface area contributed by atoms with E-state index in [1.807, 2.05) is 6.07 Å². The van der Waals surface area contributed by atoms with Gasteiger partial charge < -0.3 is 14.5 Å². The summed E-state index contributed by atoms with van der Waals surface area (Å²) in [6.07, 6.45) is 1.63. The lowest BCUT2D eigenvalue weighted by Gasteiger charge is -2.37. The Kier molecular flexibility index (Phi) is 2.95. The van der Waals surface area contributed by atoms with E-state index >= 15 is 0 Å². The van der Waals surface area contributed by atoms with Gasteiger partial charge in [-0.25, -0.2) is 4.79 Å². The van der Waals surface area contributed by atoms with Crippen molar-refractivity contribution in [3.63, 3.8) is 0 Å². The molecule has 2 fully saturated rings. The van der Waals surface area contributed by atoms with E-state index in [4.69, 9.17) is 20.8 Å². The van der Waals surface area contributed by atoms with E-state index in [0.717, 1.165) is 31.7 Å². The molecule has 1 atom stereocenters. The number of rotatable bonds is 2. The largest absolute Gasteiger partial charge is 0.448 e. The minimum atomic E-state index is -0.355. The van der Waals surface area contributed by atoms with Crippen LogP contribution in [0.3, 0.4) is 0 Å². The van der Waals surface area contributed by atoms with Crippen molar-refractivity contribution in [2.45, 2.75) is 25.0 Å². The molecule has 0 radical (unpaired) electrons. The summed E-state index contributed by atoms with van der Waals surface area (Å²) in [6, 6.07) is 3.62. The predicted molar refractivity (Wildman–Crippen MR) is 65.4 cm³/mol. The second-order valence-corrected chi connectivity index (χ2v) is 5.32. The number of ether oxygens (including phenoxy) is 1. The number of nitrogens with zero attached hydrogens (tertiary/aromatic N) is 1. The molecule has 1 N–H and O–H groups in total. The molecular formula is C12H15ClN2O3. The van der Waals surface area contributed by atoms with E-state index in [9.17, 15) is 4.79 Å². The Morgan fingerprint density at radius 2 is 2.39 bits per heavy atom. The van der Waals surface area contributed by atoms with Crippen molar-refractivity contribution in [3.05, 3.63) is 23.1 Å². The van der Waals surface area contributed by atoms with E-state index in [1.54, 1.807) is 6.07 Å². The first-order valence-electron chi connectivity index (χ1n) is 6.09. The van der Waals surface area contributed by atoms with Crippen LogP contribution in [0.25, 0.3) is 0 Å². The van der Waals surface area contributed by atoms with Crippen LogP contribution in [0, 0.1) is 0 Å². The molecule has 0 saturated carbocycles. The first-order chi connectivity index (χ1) is 8.65. The van der Waals surface area contributed by atoms with E-state index in [1.165, 1.54) is 0 Å². The number of hydrogen-bond donors (Lipinski definition) is 1. The monoisotopic (exact) mass is 270 g/mol. The Bertz CT molecular complexity index is 462. The Morgan fingerprint density at radius 3 is 3.06 bits per heavy atom. The molecular weight excluding hydrogens is 256 g/mol. The van der Waals surface area contributed by atoms with Crippen molar-refractivity contribution >= 4 is 17.7 Å². The average molecular weight is 271 g/mol. The summed E-state index contributed by atoms with van der Waals surface area (Å²) in [6.45, 7) is 3.02. The van der Waals surface area contributed by atoms with Gasteiger partial charge in [0.1, 0.15) is 11.4 Å². The van der Waals surface area contributed by atoms with E-state index in [0.29, 0.717) is 18.3 Å². The molecule has 1 aromatic heterocycles. The zero-order valence-electron chi connectivity index (χ0n) is 9.95. The Labute approximate surface area is 110 Å². The number of carbonyl (C=O) groups excluding carboxylic acids is 1. The standard InChI is InChI=1S/C12H15ClN2O3/c13-10-3-2-9(17-10)6-15-5-1-4-12(8-15)7-14-11(16)18-12/h2-3H,1,4-8H2,(H,14,16)/t12-/m0/s1. The maximum atomic E-state index is 11.2. The number of amides is 1. The van der Waals surface area contributed by atoms with Crippen LogP contribution in [-0.4, -0.2) is 36.2 Å². The second-order valence-electron chi connectivity index (χ2n) is 4.95. The number of halogens is 1. The third kappa shape index (κ3) is 2.33. The highest BCUT2D eigenvalue weighted by atomic mass is 35.5. The first-order valence-corrected chi connectivity index (χ1v) is 6.46. The zero-order chi connectivity index (χ0) is 12.6. The topological polar surface area (TPSA) is 54.7 Å². The number of carbonyl (C=O) groups is 1. The normalized spacial score (nSPS) is 28.4. The van der Waals surface area contributed by atoms with Gasteiger partial charge in [-0.1, -0.05) is 0 Å². The molecule has 0 unspecified atom stereocenters. The van der Waals surface area contributed by atoms with Crippen LogP contribution in [0.4, 0.5) is 4.79 Å². The molecule has 5 nitrogen and oxygen atoms in total. The highest BCUT2D eigenvalue weighted by molar-refractivity contribution is 6.28. The number of likely N-dealkylation sites (tertiary alicyclic amines) is 1. The van der Waals surface area contributed by atoms with Crippen LogP contribution in [0.1, 0.15) is 18.6 Å². The smallest absolute Gasteiger partial charge is 0.407 e. The Morgan fingerprint density at radius 1 is 1.50 bits per heavy atom. The summed E-state index contributed by atoms with van der Waals surface area (Å²) in [5, 5.41) is 3.14. The maximum Gasteiger partial charge on any atom is 0.407 e. The van der Waals surface area contributed by atoms with Crippen LogP contribution in [0.15, 0.2) is 16.5 Å². The van der Waals surface area contributed by atoms with Gasteiger partial charge in [0.15, 0.2) is 5.22 Å². The Hall–Kier alpha value is -1.20. The molecule has 0 aliphatic carbocycles. The number of nitrogens with one attached hydrogen (secondary N) is 1. The molecule has 1 aromatic rings. The van der Waals surface area contributed by atoms with Gasteiger partial charge >= 0.3 is 6.09 Å². The summed E-state index contributed by atoms with van der Waals surface area (Å²) in [4.78, 5) is 13.4. The number of piperidine rings is 1. The van der Waals surface area contributed by atoms with Crippen molar-refractivity contribution < 1.29 is 13.9 Å². The fourth-order valence-electron chi connectivity index (χ4n) is 2.71. The third-order valence-electron chi connectivity index (χ3n) is 3.49. The van der Waals surface area contributed by atoms with Gasteiger partial charge in [-0.05, 0) is 43.1 Å². The second kappa shape index (κ2) is 4.48. The van der Waals surface area contributed by atoms with Crippen LogP contribution in [-0.2, 0) is 11.3 Å². The van der Waals surface area contributed by atoms with Crippen LogP contribution >= 0.6 is 11.6 Å². The fourth-order valence-corrected chi connectivity index (χ4v) is 2.87. The molecule has 98 valence electrons. The van der Waals surface area contributed by atoms with Crippen molar-refractivity contribution in [2.75, 3.05) is 19.6 Å². The molecule has 2 aliphatic heterocycles. The molecule has 0 bridgehead atoms. The van der Waals surface area contributed by atoms with Crippen LogP contribution in [0.5, 0.6) is 0 Å². The quantitative estimate of drug-likeness (QED) is 0.893. The first kappa shape index (κ1) is 11.9. The van der Waals surface area contributed by atoms with E-state index in [-0.39, 0.29) is 11.7 Å². The molecule has 1 spiro atoms. The lowest BCUT2D eigenvalue weighted by molar-refractivity contribution is -0.0127. The summed E-state index contributed by atoms with van der Waals surface area (Å²) in [5.74, 6) is 0.842. The fraction of sp³-hybridized carbons (Fsp3) is 0.583. The molecule has 1 amide bonds. The van der Waals surface area contributed by atoms with E-state index < -0.39 is 0 Å². The molecule has 3 heterocycles. The predicted octanol–water partition coefficient (Wildman–Crippen LogP) is 2.01. The maximum absolute atomic E-state index is 11.2. The minimum absolute atomic E-state index is 0.308. The van der Waals surface area contributed by atoms with Gasteiger partial charge in [0, 0.05) is 6.54 Å². The summed E-state index contributed by atoms with van der Waals surface area (Å²) >= 11 is 5.75. The van der Waals surface area contributed by atoms with Gasteiger partial charge in [0.2, 0.25) is 0 Å². The van der Waals surface area contributed by atoms with Gasteiger partial charge in [0.05, 0.1) is 13.1 Å². The number of furan rings is 1. The minimum Gasteiger partial charge on any atom is -0.448 e.